The first kappa shape index (κ1) is 15.0. The van der Waals surface area contributed by atoms with Gasteiger partial charge in [0.2, 0.25) is 5.69 Å². The van der Waals surface area contributed by atoms with Gasteiger partial charge in [-0.1, -0.05) is 6.92 Å². The predicted molar refractivity (Wildman–Crippen MR) is 84.6 cm³/mol. The summed E-state index contributed by atoms with van der Waals surface area (Å²) in [7, 11) is 0. The van der Waals surface area contributed by atoms with Crippen LogP contribution < -0.4 is 5.32 Å². The lowest BCUT2D eigenvalue weighted by Gasteiger charge is -2.06. The van der Waals surface area contributed by atoms with Gasteiger partial charge in [0.1, 0.15) is 5.69 Å². The summed E-state index contributed by atoms with van der Waals surface area (Å²) in [4.78, 5) is 28.3. The van der Waals surface area contributed by atoms with E-state index in [1.807, 2.05) is 11.8 Å². The van der Waals surface area contributed by atoms with E-state index in [1.165, 1.54) is 11.3 Å². The molecule has 1 aliphatic rings. The third kappa shape index (κ3) is 2.71. The van der Waals surface area contributed by atoms with Crippen LogP contribution in [0.4, 0.5) is 10.8 Å². The van der Waals surface area contributed by atoms with Crippen LogP contribution in [-0.4, -0.2) is 31.8 Å². The van der Waals surface area contributed by atoms with E-state index < -0.39 is 10.8 Å². The summed E-state index contributed by atoms with van der Waals surface area (Å²) in [5.41, 5.74) is 0.871. The maximum atomic E-state index is 12.2. The molecule has 0 atom stereocenters. The number of rotatable bonds is 4. The average Bonchev–Trinajstić information content (AvgIpc) is 3.09. The first-order valence-corrected chi connectivity index (χ1v) is 8.66. The second kappa shape index (κ2) is 6.05. The number of nitrogens with zero attached hydrogens (tertiary/aromatic N) is 3. The van der Waals surface area contributed by atoms with Gasteiger partial charge >= 0.3 is 5.69 Å². The van der Waals surface area contributed by atoms with Gasteiger partial charge in [0.05, 0.1) is 10.6 Å². The lowest BCUT2D eigenvalue weighted by Crippen LogP contribution is -2.14. The Bertz CT molecular complexity index is 716. The van der Waals surface area contributed by atoms with Crippen LogP contribution in [0.5, 0.6) is 0 Å². The molecule has 2 aromatic rings. The van der Waals surface area contributed by atoms with E-state index >= 15 is 0 Å². The molecule has 2 aromatic heterocycles. The number of carbonyl (C=O) groups excluding carboxylic acids is 1. The summed E-state index contributed by atoms with van der Waals surface area (Å²) in [5, 5.41) is 20.5. The van der Waals surface area contributed by atoms with Crippen LogP contribution >= 0.6 is 23.1 Å². The molecule has 0 bridgehead atoms. The molecule has 1 aliphatic heterocycles. The highest BCUT2D eigenvalue weighted by molar-refractivity contribution is 7.98. The molecule has 3 heterocycles. The topological polar surface area (TPSA) is 114 Å². The van der Waals surface area contributed by atoms with Gasteiger partial charge in [0, 0.05) is 10.6 Å². The van der Waals surface area contributed by atoms with Crippen LogP contribution in [0.2, 0.25) is 0 Å². The summed E-state index contributed by atoms with van der Waals surface area (Å²) < 4.78 is 0. The van der Waals surface area contributed by atoms with Crippen LogP contribution in [0.25, 0.3) is 0 Å². The predicted octanol–water partition coefficient (Wildman–Crippen LogP) is 2.38. The first-order chi connectivity index (χ1) is 10.6. The zero-order valence-corrected chi connectivity index (χ0v) is 13.3. The van der Waals surface area contributed by atoms with Crippen molar-refractivity contribution in [3.8, 4) is 0 Å². The Kier molecular flexibility index (Phi) is 4.12. The summed E-state index contributed by atoms with van der Waals surface area (Å²) in [6.07, 6.45) is 1.29. The number of H-pyrrole nitrogens is 1. The zero-order chi connectivity index (χ0) is 15.7. The van der Waals surface area contributed by atoms with Crippen molar-refractivity contribution in [2.24, 2.45) is 0 Å². The Balaban J connectivity index is 1.84. The lowest BCUT2D eigenvalue weighted by molar-refractivity contribution is -0.385. The molecular weight excluding hydrogens is 326 g/mol. The van der Waals surface area contributed by atoms with Crippen molar-refractivity contribution in [2.75, 3.05) is 11.1 Å². The molecule has 0 saturated heterocycles. The van der Waals surface area contributed by atoms with Crippen molar-refractivity contribution in [1.29, 1.82) is 0 Å². The van der Waals surface area contributed by atoms with Crippen LogP contribution in [0, 0.1) is 10.1 Å². The largest absolute Gasteiger partial charge is 0.322 e. The van der Waals surface area contributed by atoms with Crippen molar-refractivity contribution in [2.45, 2.75) is 25.5 Å². The van der Waals surface area contributed by atoms with Gasteiger partial charge in [-0.3, -0.25) is 25.3 Å². The molecule has 0 aromatic carbocycles. The monoisotopic (exact) mass is 339 g/mol. The molecule has 0 fully saturated rings. The molecule has 0 saturated carbocycles. The zero-order valence-electron chi connectivity index (χ0n) is 11.7. The fourth-order valence-corrected chi connectivity index (χ4v) is 4.33. The number of amides is 1. The number of carbonyl (C=O) groups is 1. The maximum Gasteiger partial charge on any atom is 0.322 e. The minimum absolute atomic E-state index is 0.204. The number of nitro groups is 1. The molecular formula is C12H13N5O3S2. The van der Waals surface area contributed by atoms with Gasteiger partial charge in [-0.15, -0.1) is 11.3 Å². The Hall–Kier alpha value is -1.94. The molecule has 1 amide bonds. The molecule has 0 spiro atoms. The van der Waals surface area contributed by atoms with Crippen LogP contribution in [-0.2, 0) is 18.6 Å². The summed E-state index contributed by atoms with van der Waals surface area (Å²) in [6, 6.07) is 0. The van der Waals surface area contributed by atoms with E-state index in [0.717, 1.165) is 28.5 Å². The number of aromatic nitrogens is 3. The first-order valence-electron chi connectivity index (χ1n) is 6.69. The molecule has 0 unspecified atom stereocenters. The molecule has 0 radical (unpaired) electrons. The van der Waals surface area contributed by atoms with Gasteiger partial charge in [0.25, 0.3) is 5.91 Å². The van der Waals surface area contributed by atoms with Gasteiger partial charge in [-0.2, -0.15) is 16.9 Å². The lowest BCUT2D eigenvalue weighted by atomic mass is 10.2. The number of thioether (sulfide) groups is 1. The number of fused-ring (bicyclic) bond motifs is 1. The van der Waals surface area contributed by atoms with Crippen molar-refractivity contribution >= 4 is 39.8 Å². The SMILES string of the molecule is CCc1[nH]nc(C(=O)Nc2nc3c(s2)CSCC3)c1[N+](=O)[O-]. The third-order valence-corrected chi connectivity index (χ3v) is 5.46. The van der Waals surface area contributed by atoms with Gasteiger partial charge in [-0.25, -0.2) is 4.98 Å². The normalized spacial score (nSPS) is 13.7. The summed E-state index contributed by atoms with van der Waals surface area (Å²) in [5.74, 6) is 1.31. The Morgan fingerprint density at radius 1 is 1.55 bits per heavy atom. The van der Waals surface area contributed by atoms with E-state index in [1.54, 1.807) is 6.92 Å². The molecule has 10 heteroatoms. The van der Waals surface area contributed by atoms with Crippen LogP contribution in [0.15, 0.2) is 0 Å². The van der Waals surface area contributed by atoms with Crippen molar-refractivity contribution in [3.63, 3.8) is 0 Å². The standard InChI is InChI=1S/C12H13N5O3S2/c1-2-6-10(17(19)20)9(16-15-6)11(18)14-12-13-7-3-4-21-5-8(7)22-12/h2-5H2,1H3,(H,15,16)(H,13,14,18). The molecule has 3 rings (SSSR count). The van der Waals surface area contributed by atoms with Gasteiger partial charge < -0.3 is 0 Å². The fraction of sp³-hybridized carbons (Fsp3) is 0.417. The summed E-state index contributed by atoms with van der Waals surface area (Å²) in [6.45, 7) is 1.76. The minimum Gasteiger partial charge on any atom is -0.296 e. The number of aryl methyl sites for hydroxylation is 2. The fourth-order valence-electron chi connectivity index (χ4n) is 2.21. The van der Waals surface area contributed by atoms with Crippen molar-refractivity contribution in [1.82, 2.24) is 15.2 Å². The minimum atomic E-state index is -0.610. The van der Waals surface area contributed by atoms with Gasteiger partial charge in [0.15, 0.2) is 5.13 Å². The smallest absolute Gasteiger partial charge is 0.296 e. The second-order valence-electron chi connectivity index (χ2n) is 4.66. The van der Waals surface area contributed by atoms with Crippen molar-refractivity contribution in [3.05, 3.63) is 32.1 Å². The van der Waals surface area contributed by atoms with Crippen LogP contribution in [0.3, 0.4) is 0 Å². The highest BCUT2D eigenvalue weighted by atomic mass is 32.2. The highest BCUT2D eigenvalue weighted by Crippen LogP contribution is 2.32. The Morgan fingerprint density at radius 2 is 2.36 bits per heavy atom. The van der Waals surface area contributed by atoms with E-state index in [-0.39, 0.29) is 11.4 Å². The van der Waals surface area contributed by atoms with Gasteiger partial charge in [-0.05, 0) is 18.6 Å². The molecule has 116 valence electrons. The molecule has 8 nitrogen and oxygen atoms in total. The number of anilines is 1. The van der Waals surface area contributed by atoms with Crippen molar-refractivity contribution < 1.29 is 9.72 Å². The number of nitrogens with one attached hydrogen (secondary N) is 2. The van der Waals surface area contributed by atoms with E-state index in [9.17, 15) is 14.9 Å². The van der Waals surface area contributed by atoms with E-state index in [2.05, 4.69) is 20.5 Å². The second-order valence-corrected chi connectivity index (χ2v) is 6.84. The Labute approximate surface area is 133 Å². The number of hydrogen-bond acceptors (Lipinski definition) is 7. The molecule has 22 heavy (non-hydrogen) atoms. The third-order valence-electron chi connectivity index (χ3n) is 3.28. The summed E-state index contributed by atoms with van der Waals surface area (Å²) >= 11 is 3.24. The number of thiazole rings is 1. The maximum absolute atomic E-state index is 12.2. The van der Waals surface area contributed by atoms with E-state index in [4.69, 9.17) is 0 Å². The highest BCUT2D eigenvalue weighted by Gasteiger charge is 2.29. The van der Waals surface area contributed by atoms with Crippen LogP contribution in [0.1, 0.15) is 33.7 Å². The number of hydrogen-bond donors (Lipinski definition) is 2. The molecule has 2 N–H and O–H groups in total. The number of aromatic amines is 1. The molecule has 0 aliphatic carbocycles. The Morgan fingerprint density at radius 3 is 3.05 bits per heavy atom. The quantitative estimate of drug-likeness (QED) is 0.653. The van der Waals surface area contributed by atoms with E-state index in [0.29, 0.717) is 17.2 Å². The average molecular weight is 339 g/mol.